The number of hydrogen-bond donors (Lipinski definition) is 0. The lowest BCUT2D eigenvalue weighted by Gasteiger charge is -2.07. The normalized spacial score (nSPS) is 10.7. The van der Waals surface area contributed by atoms with Crippen molar-refractivity contribution in [3.8, 4) is 22.9 Å². The summed E-state index contributed by atoms with van der Waals surface area (Å²) in [4.78, 5) is 19.9. The maximum atomic E-state index is 11.9. The van der Waals surface area contributed by atoms with Gasteiger partial charge in [0.2, 0.25) is 0 Å². The van der Waals surface area contributed by atoms with Crippen LogP contribution in [0.5, 0.6) is 11.8 Å². The number of rotatable bonds is 3. The fraction of sp³-hybridized carbons (Fsp3) is 0. The van der Waals surface area contributed by atoms with E-state index in [1.165, 1.54) is 6.07 Å². The van der Waals surface area contributed by atoms with E-state index in [2.05, 4.69) is 9.97 Å². The highest BCUT2D eigenvalue weighted by atomic mass is 16.5. The summed E-state index contributed by atoms with van der Waals surface area (Å²) in [7, 11) is 0. The van der Waals surface area contributed by atoms with E-state index in [0.29, 0.717) is 11.3 Å². The van der Waals surface area contributed by atoms with E-state index in [0.717, 1.165) is 16.5 Å². The molecule has 4 aromatic rings. The molecule has 0 amide bonds. The number of ether oxygens (including phenoxy) is 1. The smallest absolute Gasteiger partial charge is 0.336 e. The molecule has 5 nitrogen and oxygen atoms in total. The van der Waals surface area contributed by atoms with E-state index >= 15 is 0 Å². The standard InChI is InChI=1S/C19H12N2O3/c22-18-12-16(13-5-2-1-3-6-13)15-8-7-14(11-17(15)24-18)23-19-20-9-4-10-21-19/h1-12H. The van der Waals surface area contributed by atoms with Gasteiger partial charge >= 0.3 is 11.6 Å². The molecule has 5 heteroatoms. The Morgan fingerprint density at radius 3 is 2.46 bits per heavy atom. The highest BCUT2D eigenvalue weighted by Crippen LogP contribution is 2.30. The molecular weight excluding hydrogens is 304 g/mol. The van der Waals surface area contributed by atoms with Crippen molar-refractivity contribution in [2.24, 2.45) is 0 Å². The molecule has 2 heterocycles. The second-order valence-electron chi connectivity index (χ2n) is 5.14. The molecule has 24 heavy (non-hydrogen) atoms. The van der Waals surface area contributed by atoms with Gasteiger partial charge in [-0.05, 0) is 29.3 Å². The minimum Gasteiger partial charge on any atom is -0.424 e. The lowest BCUT2D eigenvalue weighted by Crippen LogP contribution is -1.98. The van der Waals surface area contributed by atoms with Gasteiger partial charge in [-0.1, -0.05) is 30.3 Å². The number of benzene rings is 2. The molecule has 4 rings (SSSR count). The summed E-state index contributed by atoms with van der Waals surface area (Å²) < 4.78 is 10.9. The zero-order chi connectivity index (χ0) is 16.4. The Morgan fingerprint density at radius 1 is 0.875 bits per heavy atom. The molecule has 2 aromatic carbocycles. The van der Waals surface area contributed by atoms with Crippen molar-refractivity contribution >= 4 is 11.0 Å². The molecule has 0 aliphatic rings. The van der Waals surface area contributed by atoms with Crippen LogP contribution in [-0.4, -0.2) is 9.97 Å². The number of hydrogen-bond acceptors (Lipinski definition) is 5. The quantitative estimate of drug-likeness (QED) is 0.534. The largest absolute Gasteiger partial charge is 0.424 e. The van der Waals surface area contributed by atoms with E-state index in [9.17, 15) is 4.79 Å². The Morgan fingerprint density at radius 2 is 1.67 bits per heavy atom. The number of nitrogens with zero attached hydrogens (tertiary/aromatic N) is 2. The first kappa shape index (κ1) is 14.1. The summed E-state index contributed by atoms with van der Waals surface area (Å²) in [5, 5.41) is 0.835. The summed E-state index contributed by atoms with van der Waals surface area (Å²) in [5.41, 5.74) is 1.82. The summed E-state index contributed by atoms with van der Waals surface area (Å²) in [5.74, 6) is 0.502. The van der Waals surface area contributed by atoms with Crippen molar-refractivity contribution in [2.45, 2.75) is 0 Å². The van der Waals surface area contributed by atoms with Crippen LogP contribution in [0.15, 0.2) is 82.3 Å². The Labute approximate surface area is 137 Å². The average molecular weight is 316 g/mol. The van der Waals surface area contributed by atoms with Crippen LogP contribution >= 0.6 is 0 Å². The average Bonchev–Trinajstić information content (AvgIpc) is 2.62. The third-order valence-electron chi connectivity index (χ3n) is 3.55. The summed E-state index contributed by atoms with van der Waals surface area (Å²) in [6, 6.07) is 18.5. The Balaban J connectivity index is 1.82. The zero-order valence-electron chi connectivity index (χ0n) is 12.5. The van der Waals surface area contributed by atoms with Gasteiger partial charge in [0, 0.05) is 29.9 Å². The van der Waals surface area contributed by atoms with Crippen LogP contribution in [0.2, 0.25) is 0 Å². The summed E-state index contributed by atoms with van der Waals surface area (Å²) in [6.07, 6.45) is 3.19. The minimum absolute atomic E-state index is 0.235. The Bertz CT molecular complexity index is 1040. The van der Waals surface area contributed by atoms with Gasteiger partial charge in [-0.25, -0.2) is 14.8 Å². The van der Waals surface area contributed by atoms with Crippen LogP contribution in [-0.2, 0) is 0 Å². The van der Waals surface area contributed by atoms with Crippen LogP contribution in [0.3, 0.4) is 0 Å². The van der Waals surface area contributed by atoms with Crippen molar-refractivity contribution in [1.29, 1.82) is 0 Å². The maximum absolute atomic E-state index is 11.9. The first-order valence-electron chi connectivity index (χ1n) is 7.38. The first-order chi connectivity index (χ1) is 11.8. The topological polar surface area (TPSA) is 65.2 Å². The molecule has 0 radical (unpaired) electrons. The van der Waals surface area contributed by atoms with Gasteiger partial charge in [0.25, 0.3) is 0 Å². The van der Waals surface area contributed by atoms with Gasteiger partial charge in [-0.3, -0.25) is 0 Å². The van der Waals surface area contributed by atoms with Crippen LogP contribution in [0.4, 0.5) is 0 Å². The molecule has 0 spiro atoms. The van der Waals surface area contributed by atoms with E-state index in [4.69, 9.17) is 9.15 Å². The van der Waals surface area contributed by atoms with E-state index in [-0.39, 0.29) is 6.01 Å². The van der Waals surface area contributed by atoms with Gasteiger partial charge in [-0.2, -0.15) is 0 Å². The fourth-order valence-corrected chi connectivity index (χ4v) is 2.51. The predicted octanol–water partition coefficient (Wildman–Crippen LogP) is 4.04. The third-order valence-corrected chi connectivity index (χ3v) is 3.55. The van der Waals surface area contributed by atoms with E-state index < -0.39 is 5.63 Å². The lowest BCUT2D eigenvalue weighted by atomic mass is 10.0. The predicted molar refractivity (Wildman–Crippen MR) is 90.0 cm³/mol. The van der Waals surface area contributed by atoms with Crippen molar-refractivity contribution in [3.63, 3.8) is 0 Å². The number of aromatic nitrogens is 2. The Kier molecular flexibility index (Phi) is 3.51. The lowest BCUT2D eigenvalue weighted by molar-refractivity contribution is 0.440. The maximum Gasteiger partial charge on any atom is 0.336 e. The van der Waals surface area contributed by atoms with Gasteiger partial charge in [0.1, 0.15) is 11.3 Å². The molecule has 0 aliphatic heterocycles. The third kappa shape index (κ3) is 2.75. The van der Waals surface area contributed by atoms with Crippen LogP contribution in [0.1, 0.15) is 0 Å². The fourth-order valence-electron chi connectivity index (χ4n) is 2.51. The molecule has 0 aliphatic carbocycles. The molecule has 116 valence electrons. The number of fused-ring (bicyclic) bond motifs is 1. The molecule has 0 unspecified atom stereocenters. The van der Waals surface area contributed by atoms with Crippen LogP contribution < -0.4 is 10.4 Å². The first-order valence-corrected chi connectivity index (χ1v) is 7.38. The van der Waals surface area contributed by atoms with Crippen molar-refractivity contribution < 1.29 is 9.15 Å². The van der Waals surface area contributed by atoms with Crippen molar-refractivity contribution in [2.75, 3.05) is 0 Å². The molecule has 2 aromatic heterocycles. The highest BCUT2D eigenvalue weighted by Gasteiger charge is 2.09. The zero-order valence-corrected chi connectivity index (χ0v) is 12.5. The van der Waals surface area contributed by atoms with Crippen molar-refractivity contribution in [3.05, 3.63) is 83.5 Å². The molecule has 0 fully saturated rings. The van der Waals surface area contributed by atoms with Gasteiger partial charge < -0.3 is 9.15 Å². The highest BCUT2D eigenvalue weighted by molar-refractivity contribution is 5.93. The van der Waals surface area contributed by atoms with Crippen LogP contribution in [0.25, 0.3) is 22.1 Å². The van der Waals surface area contributed by atoms with E-state index in [1.54, 1.807) is 30.6 Å². The molecular formula is C19H12N2O3. The van der Waals surface area contributed by atoms with Gasteiger partial charge in [-0.15, -0.1) is 0 Å². The minimum atomic E-state index is -0.408. The summed E-state index contributed by atoms with van der Waals surface area (Å²) >= 11 is 0. The molecule has 0 saturated heterocycles. The summed E-state index contributed by atoms with van der Waals surface area (Å²) in [6.45, 7) is 0. The second kappa shape index (κ2) is 5.96. The van der Waals surface area contributed by atoms with Crippen molar-refractivity contribution in [1.82, 2.24) is 9.97 Å². The molecule has 0 atom stereocenters. The molecule has 0 bridgehead atoms. The SMILES string of the molecule is O=c1cc(-c2ccccc2)c2ccc(Oc3ncccn3)cc2o1. The van der Waals surface area contributed by atoms with Gasteiger partial charge in [0.15, 0.2) is 0 Å². The molecule has 0 N–H and O–H groups in total. The second-order valence-corrected chi connectivity index (χ2v) is 5.14. The van der Waals surface area contributed by atoms with Crippen LogP contribution in [0, 0.1) is 0 Å². The van der Waals surface area contributed by atoms with Gasteiger partial charge in [0.05, 0.1) is 0 Å². The Hall–Kier alpha value is -3.47. The monoisotopic (exact) mass is 316 g/mol. The molecule has 0 saturated carbocycles. The van der Waals surface area contributed by atoms with E-state index in [1.807, 2.05) is 36.4 Å².